The third-order valence-corrected chi connectivity index (χ3v) is 3.51. The van der Waals surface area contributed by atoms with Crippen molar-refractivity contribution in [2.45, 2.75) is 31.7 Å². The molecule has 0 heterocycles. The van der Waals surface area contributed by atoms with Crippen molar-refractivity contribution in [2.75, 3.05) is 6.26 Å². The van der Waals surface area contributed by atoms with Crippen molar-refractivity contribution in [1.29, 1.82) is 0 Å². The molecule has 16 heavy (non-hydrogen) atoms. The van der Waals surface area contributed by atoms with E-state index in [1.165, 1.54) is 0 Å². The maximum atomic E-state index is 12.0. The van der Waals surface area contributed by atoms with Crippen molar-refractivity contribution < 1.29 is 4.79 Å². The Kier molecular flexibility index (Phi) is 4.87. The molecular formula is C13H19NOS. The van der Waals surface area contributed by atoms with Crippen molar-refractivity contribution in [1.82, 2.24) is 5.32 Å². The van der Waals surface area contributed by atoms with Gasteiger partial charge in [-0.25, -0.2) is 0 Å². The molecule has 0 saturated carbocycles. The standard InChI is InChI=1S/C13H19NOS/c1-9(2)10(3)14-13(15)11-7-5-6-8-12(11)16-4/h5-10H,1-4H3,(H,14,15). The summed E-state index contributed by atoms with van der Waals surface area (Å²) in [4.78, 5) is 13.0. The molecule has 0 aromatic heterocycles. The number of carbonyl (C=O) groups excluding carboxylic acids is 1. The SMILES string of the molecule is CSc1ccccc1C(=O)NC(C)C(C)C. The minimum absolute atomic E-state index is 0.0196. The van der Waals surface area contributed by atoms with Gasteiger partial charge in [0, 0.05) is 10.9 Å². The average molecular weight is 237 g/mol. The van der Waals surface area contributed by atoms with Crippen molar-refractivity contribution in [2.24, 2.45) is 5.92 Å². The molecule has 0 fully saturated rings. The Morgan fingerprint density at radius 3 is 2.44 bits per heavy atom. The van der Waals surface area contributed by atoms with E-state index in [4.69, 9.17) is 0 Å². The summed E-state index contributed by atoms with van der Waals surface area (Å²) < 4.78 is 0. The Hall–Kier alpha value is -0.960. The average Bonchev–Trinajstić information content (AvgIpc) is 2.28. The lowest BCUT2D eigenvalue weighted by Crippen LogP contribution is -2.36. The molecule has 1 rings (SSSR count). The van der Waals surface area contributed by atoms with E-state index >= 15 is 0 Å². The van der Waals surface area contributed by atoms with Crippen LogP contribution in [-0.2, 0) is 0 Å². The molecule has 0 saturated heterocycles. The molecule has 1 aromatic carbocycles. The summed E-state index contributed by atoms with van der Waals surface area (Å²) in [5, 5.41) is 3.02. The number of benzene rings is 1. The minimum atomic E-state index is 0.0196. The molecule has 1 aromatic rings. The van der Waals surface area contributed by atoms with Gasteiger partial charge >= 0.3 is 0 Å². The first kappa shape index (κ1) is 13.1. The number of hydrogen-bond donors (Lipinski definition) is 1. The third kappa shape index (κ3) is 3.27. The third-order valence-electron chi connectivity index (χ3n) is 2.71. The van der Waals surface area contributed by atoms with Crippen LogP contribution in [-0.4, -0.2) is 18.2 Å². The Bertz CT molecular complexity index is 363. The Morgan fingerprint density at radius 2 is 1.88 bits per heavy atom. The number of amides is 1. The van der Waals surface area contributed by atoms with Crippen LogP contribution in [0, 0.1) is 5.92 Å². The first-order valence-electron chi connectivity index (χ1n) is 5.50. The molecule has 0 aliphatic rings. The molecule has 1 amide bonds. The number of nitrogens with one attached hydrogen (secondary N) is 1. The van der Waals surface area contributed by atoms with E-state index in [9.17, 15) is 4.79 Å². The van der Waals surface area contributed by atoms with Crippen molar-refractivity contribution >= 4 is 17.7 Å². The molecule has 1 atom stereocenters. The lowest BCUT2D eigenvalue weighted by atomic mass is 10.1. The summed E-state index contributed by atoms with van der Waals surface area (Å²) in [5.74, 6) is 0.469. The number of carbonyl (C=O) groups is 1. The van der Waals surface area contributed by atoms with E-state index in [2.05, 4.69) is 19.2 Å². The zero-order chi connectivity index (χ0) is 12.1. The van der Waals surface area contributed by atoms with Gasteiger partial charge in [-0.3, -0.25) is 4.79 Å². The normalized spacial score (nSPS) is 12.6. The predicted molar refractivity (Wildman–Crippen MR) is 70.0 cm³/mol. The van der Waals surface area contributed by atoms with E-state index in [0.29, 0.717) is 5.92 Å². The van der Waals surface area contributed by atoms with Gasteiger partial charge in [0.05, 0.1) is 5.56 Å². The molecule has 1 N–H and O–H groups in total. The van der Waals surface area contributed by atoms with E-state index in [0.717, 1.165) is 10.5 Å². The van der Waals surface area contributed by atoms with E-state index in [1.807, 2.05) is 37.4 Å². The molecule has 0 spiro atoms. The van der Waals surface area contributed by atoms with Crippen LogP contribution in [0.25, 0.3) is 0 Å². The molecule has 0 bridgehead atoms. The van der Waals surface area contributed by atoms with Gasteiger partial charge in [0.2, 0.25) is 0 Å². The summed E-state index contributed by atoms with van der Waals surface area (Å²) in [6.07, 6.45) is 1.98. The summed E-state index contributed by atoms with van der Waals surface area (Å²) in [6, 6.07) is 7.89. The van der Waals surface area contributed by atoms with E-state index in [1.54, 1.807) is 11.8 Å². The molecule has 1 unspecified atom stereocenters. The summed E-state index contributed by atoms with van der Waals surface area (Å²) in [5.41, 5.74) is 0.766. The Balaban J connectivity index is 2.80. The summed E-state index contributed by atoms with van der Waals surface area (Å²) in [7, 11) is 0. The van der Waals surface area contributed by atoms with Gasteiger partial charge in [-0.1, -0.05) is 26.0 Å². The van der Waals surface area contributed by atoms with Crippen LogP contribution in [0.2, 0.25) is 0 Å². The lowest BCUT2D eigenvalue weighted by Gasteiger charge is -2.18. The second kappa shape index (κ2) is 5.94. The fourth-order valence-electron chi connectivity index (χ4n) is 1.28. The molecule has 3 heteroatoms. The zero-order valence-electron chi connectivity index (χ0n) is 10.3. The monoisotopic (exact) mass is 237 g/mol. The number of rotatable bonds is 4. The lowest BCUT2D eigenvalue weighted by molar-refractivity contribution is 0.0927. The first-order valence-corrected chi connectivity index (χ1v) is 6.72. The highest BCUT2D eigenvalue weighted by molar-refractivity contribution is 7.98. The minimum Gasteiger partial charge on any atom is -0.349 e. The highest BCUT2D eigenvalue weighted by Crippen LogP contribution is 2.19. The largest absolute Gasteiger partial charge is 0.349 e. The Labute approximate surface area is 102 Å². The second-order valence-corrected chi connectivity index (χ2v) is 5.05. The van der Waals surface area contributed by atoms with Crippen LogP contribution in [0.3, 0.4) is 0 Å². The van der Waals surface area contributed by atoms with Gasteiger partial charge in [0.25, 0.3) is 5.91 Å². The fourth-order valence-corrected chi connectivity index (χ4v) is 1.88. The fraction of sp³-hybridized carbons (Fsp3) is 0.462. The highest BCUT2D eigenvalue weighted by Gasteiger charge is 2.14. The summed E-state index contributed by atoms with van der Waals surface area (Å²) >= 11 is 1.60. The Morgan fingerprint density at radius 1 is 1.25 bits per heavy atom. The zero-order valence-corrected chi connectivity index (χ0v) is 11.1. The van der Waals surface area contributed by atoms with E-state index < -0.39 is 0 Å². The quantitative estimate of drug-likeness (QED) is 0.815. The van der Waals surface area contributed by atoms with Crippen LogP contribution in [0.5, 0.6) is 0 Å². The van der Waals surface area contributed by atoms with Crippen molar-refractivity contribution in [3.05, 3.63) is 29.8 Å². The van der Waals surface area contributed by atoms with Gasteiger partial charge in [-0.05, 0) is 31.2 Å². The van der Waals surface area contributed by atoms with Crippen molar-refractivity contribution in [3.8, 4) is 0 Å². The predicted octanol–water partition coefficient (Wildman–Crippen LogP) is 3.18. The molecule has 2 nitrogen and oxygen atoms in total. The molecule has 0 radical (unpaired) electrons. The van der Waals surface area contributed by atoms with Crippen molar-refractivity contribution in [3.63, 3.8) is 0 Å². The van der Waals surface area contributed by atoms with Gasteiger partial charge < -0.3 is 5.32 Å². The van der Waals surface area contributed by atoms with Crippen LogP contribution < -0.4 is 5.32 Å². The van der Waals surface area contributed by atoms with Gasteiger partial charge in [0.1, 0.15) is 0 Å². The van der Waals surface area contributed by atoms with Gasteiger partial charge in [-0.2, -0.15) is 0 Å². The molecule has 88 valence electrons. The van der Waals surface area contributed by atoms with Crippen LogP contribution in [0.4, 0.5) is 0 Å². The van der Waals surface area contributed by atoms with Crippen LogP contribution in [0.1, 0.15) is 31.1 Å². The molecule has 0 aliphatic carbocycles. The maximum Gasteiger partial charge on any atom is 0.252 e. The van der Waals surface area contributed by atoms with Crippen LogP contribution >= 0.6 is 11.8 Å². The topological polar surface area (TPSA) is 29.1 Å². The smallest absolute Gasteiger partial charge is 0.252 e. The van der Waals surface area contributed by atoms with E-state index in [-0.39, 0.29) is 11.9 Å². The maximum absolute atomic E-state index is 12.0. The summed E-state index contributed by atoms with van der Waals surface area (Å²) in [6.45, 7) is 6.24. The number of thioether (sulfide) groups is 1. The number of hydrogen-bond acceptors (Lipinski definition) is 2. The first-order chi connectivity index (χ1) is 7.56. The molecular weight excluding hydrogens is 218 g/mol. The van der Waals surface area contributed by atoms with Crippen LogP contribution in [0.15, 0.2) is 29.2 Å². The highest BCUT2D eigenvalue weighted by atomic mass is 32.2. The second-order valence-electron chi connectivity index (χ2n) is 4.21. The molecule has 0 aliphatic heterocycles. The van der Waals surface area contributed by atoms with Gasteiger partial charge in [-0.15, -0.1) is 11.8 Å². The van der Waals surface area contributed by atoms with Gasteiger partial charge in [0.15, 0.2) is 0 Å².